The molecule has 0 saturated carbocycles. The number of thioether (sulfide) groups is 1. The molecule has 0 radical (unpaired) electrons. The summed E-state index contributed by atoms with van der Waals surface area (Å²) in [5.74, 6) is 0.508. The van der Waals surface area contributed by atoms with Crippen molar-refractivity contribution >= 4 is 40.1 Å². The van der Waals surface area contributed by atoms with E-state index in [-0.39, 0.29) is 5.91 Å². The van der Waals surface area contributed by atoms with Gasteiger partial charge in [0.1, 0.15) is 5.70 Å². The molecule has 1 atom stereocenters. The standard InChI is InChI=1S/C23H17ClN4OS/c24-18-12-6-4-10-16(18)21-25-19-13-7-5-11-17(19)20-22(29)26-23(27-28(20)21)30-14-15-8-2-1-3-9-15/h1-13,21H,14H2,(H,26,27,29). The number of carbonyl (C=O) groups is 1. The molecule has 1 N–H and O–H groups in total. The largest absolute Gasteiger partial charge is 0.298 e. The van der Waals surface area contributed by atoms with Gasteiger partial charge in [0.15, 0.2) is 11.3 Å². The lowest BCUT2D eigenvalue weighted by atomic mass is 10.1. The molecule has 5 rings (SSSR count). The zero-order valence-corrected chi connectivity index (χ0v) is 17.4. The van der Waals surface area contributed by atoms with Gasteiger partial charge in [0.2, 0.25) is 0 Å². The first-order chi connectivity index (χ1) is 14.7. The lowest BCUT2D eigenvalue weighted by molar-refractivity contribution is -0.116. The maximum Gasteiger partial charge on any atom is 0.276 e. The molecule has 0 bridgehead atoms. The molecule has 0 aromatic heterocycles. The van der Waals surface area contributed by atoms with Crippen LogP contribution in [0.3, 0.4) is 0 Å². The van der Waals surface area contributed by atoms with Crippen LogP contribution in [0.25, 0.3) is 5.70 Å². The van der Waals surface area contributed by atoms with Gasteiger partial charge in [-0.2, -0.15) is 0 Å². The molecule has 0 fully saturated rings. The average Bonchev–Trinajstić information content (AvgIpc) is 2.78. The van der Waals surface area contributed by atoms with Crippen LogP contribution in [0.1, 0.15) is 17.3 Å². The van der Waals surface area contributed by atoms with Crippen molar-refractivity contribution in [3.63, 3.8) is 0 Å². The smallest absolute Gasteiger partial charge is 0.276 e. The Hall–Kier alpha value is -3.09. The second-order valence-corrected chi connectivity index (χ2v) is 8.24. The van der Waals surface area contributed by atoms with Gasteiger partial charge in [-0.25, -0.2) is 5.01 Å². The zero-order chi connectivity index (χ0) is 20.5. The first-order valence-corrected chi connectivity index (χ1v) is 10.8. The Balaban J connectivity index is 1.59. The quantitative estimate of drug-likeness (QED) is 0.690. The van der Waals surface area contributed by atoms with Crippen LogP contribution in [0, 0.1) is 0 Å². The minimum Gasteiger partial charge on any atom is -0.298 e. The lowest BCUT2D eigenvalue weighted by Gasteiger charge is -2.34. The summed E-state index contributed by atoms with van der Waals surface area (Å²) in [6.45, 7) is 0. The van der Waals surface area contributed by atoms with Gasteiger partial charge < -0.3 is 0 Å². The van der Waals surface area contributed by atoms with Crippen LogP contribution in [0.15, 0.2) is 89.0 Å². The molecule has 5 nitrogen and oxygen atoms in total. The molecule has 0 aliphatic carbocycles. The Morgan fingerprint density at radius 1 is 0.967 bits per heavy atom. The van der Waals surface area contributed by atoms with Crippen LogP contribution >= 0.6 is 23.4 Å². The summed E-state index contributed by atoms with van der Waals surface area (Å²) in [7, 11) is 0. The number of rotatable bonds is 3. The number of halogens is 1. The second-order valence-electron chi connectivity index (χ2n) is 6.87. The first-order valence-electron chi connectivity index (χ1n) is 9.48. The molecule has 7 heteroatoms. The summed E-state index contributed by atoms with van der Waals surface area (Å²) in [6, 6.07) is 25.2. The first kappa shape index (κ1) is 18.9. The maximum absolute atomic E-state index is 13.1. The fraction of sp³-hybridized carbons (Fsp3) is 0.0870. The Morgan fingerprint density at radius 3 is 2.53 bits per heavy atom. The highest BCUT2D eigenvalue weighted by Crippen LogP contribution is 2.34. The number of fused-ring (bicyclic) bond motifs is 2. The summed E-state index contributed by atoms with van der Waals surface area (Å²) in [5.41, 5.74) is 2.44. The van der Waals surface area contributed by atoms with Crippen molar-refractivity contribution in [2.75, 3.05) is 0 Å². The SMILES string of the molecule is O=C1NC(SCc2ccccc2)=NN2C1=c1ccccc1=NC2c1ccccc1Cl. The summed E-state index contributed by atoms with van der Waals surface area (Å²) >= 11 is 7.96. The van der Waals surface area contributed by atoms with Crippen molar-refractivity contribution in [2.45, 2.75) is 11.9 Å². The fourth-order valence-corrected chi connectivity index (χ4v) is 4.55. The molecule has 0 saturated heterocycles. The minimum absolute atomic E-state index is 0.194. The van der Waals surface area contributed by atoms with Gasteiger partial charge in [0.25, 0.3) is 5.91 Å². The predicted octanol–water partition coefficient (Wildman–Crippen LogP) is 3.42. The zero-order valence-electron chi connectivity index (χ0n) is 15.8. The van der Waals surface area contributed by atoms with Crippen LogP contribution in [0.5, 0.6) is 0 Å². The van der Waals surface area contributed by atoms with Crippen molar-refractivity contribution in [1.82, 2.24) is 10.3 Å². The van der Waals surface area contributed by atoms with Crippen LogP contribution in [-0.2, 0) is 10.5 Å². The number of hydrazone groups is 1. The van der Waals surface area contributed by atoms with E-state index in [4.69, 9.17) is 21.7 Å². The molecule has 2 aliphatic rings. The molecule has 3 aromatic rings. The van der Waals surface area contributed by atoms with Crippen molar-refractivity contribution in [3.05, 3.63) is 106 Å². The van der Waals surface area contributed by atoms with E-state index in [1.54, 1.807) is 5.01 Å². The molecule has 2 aliphatic heterocycles. The Labute approximate surface area is 182 Å². The molecule has 2 heterocycles. The molecular weight excluding hydrogens is 416 g/mol. The van der Waals surface area contributed by atoms with Crippen LogP contribution in [0.2, 0.25) is 5.02 Å². The van der Waals surface area contributed by atoms with E-state index < -0.39 is 6.17 Å². The third-order valence-corrected chi connectivity index (χ3v) is 6.20. The van der Waals surface area contributed by atoms with Crippen LogP contribution in [0.4, 0.5) is 0 Å². The van der Waals surface area contributed by atoms with Crippen LogP contribution < -0.4 is 15.9 Å². The van der Waals surface area contributed by atoms with Gasteiger partial charge >= 0.3 is 0 Å². The number of para-hydroxylation sites is 1. The molecule has 3 aromatic carbocycles. The van der Waals surface area contributed by atoms with Gasteiger partial charge in [0.05, 0.1) is 5.36 Å². The number of amides is 1. The summed E-state index contributed by atoms with van der Waals surface area (Å²) in [4.78, 5) is 18.0. The minimum atomic E-state index is -0.512. The van der Waals surface area contributed by atoms with Gasteiger partial charge in [-0.05, 0) is 17.7 Å². The van der Waals surface area contributed by atoms with Crippen molar-refractivity contribution in [3.8, 4) is 0 Å². The van der Waals surface area contributed by atoms with E-state index in [1.165, 1.54) is 11.8 Å². The molecule has 1 amide bonds. The van der Waals surface area contributed by atoms with E-state index >= 15 is 0 Å². The number of nitrogens with zero attached hydrogens (tertiary/aromatic N) is 3. The van der Waals surface area contributed by atoms with E-state index in [2.05, 4.69) is 17.4 Å². The number of amidine groups is 1. The summed E-state index contributed by atoms with van der Waals surface area (Å²) < 4.78 is 0. The normalized spacial score (nSPS) is 17.4. The number of hydrogen-bond donors (Lipinski definition) is 1. The number of carbonyl (C=O) groups excluding carboxylic acids is 1. The summed E-state index contributed by atoms with van der Waals surface area (Å²) in [5, 5.41) is 12.0. The monoisotopic (exact) mass is 432 g/mol. The Morgan fingerprint density at radius 2 is 1.70 bits per heavy atom. The van der Waals surface area contributed by atoms with Gasteiger partial charge in [-0.1, -0.05) is 90.1 Å². The maximum atomic E-state index is 13.1. The van der Waals surface area contributed by atoms with Crippen molar-refractivity contribution in [2.24, 2.45) is 10.1 Å². The van der Waals surface area contributed by atoms with Gasteiger partial charge in [0, 0.05) is 21.6 Å². The molecule has 1 unspecified atom stereocenters. The van der Waals surface area contributed by atoms with E-state index in [9.17, 15) is 4.79 Å². The fourth-order valence-electron chi connectivity index (χ4n) is 3.51. The van der Waals surface area contributed by atoms with Crippen LogP contribution in [-0.4, -0.2) is 16.1 Å². The topological polar surface area (TPSA) is 57.1 Å². The number of hydrogen-bond acceptors (Lipinski definition) is 5. The Bertz CT molecular complexity index is 1280. The van der Waals surface area contributed by atoms with E-state index in [0.717, 1.165) is 21.7 Å². The molecule has 30 heavy (non-hydrogen) atoms. The Kier molecular flexibility index (Phi) is 5.02. The number of benzene rings is 3. The summed E-state index contributed by atoms with van der Waals surface area (Å²) in [6.07, 6.45) is -0.512. The number of nitrogens with one attached hydrogen (secondary N) is 1. The second kappa shape index (κ2) is 7.97. The van der Waals surface area contributed by atoms with Gasteiger partial charge in [-0.3, -0.25) is 15.1 Å². The highest BCUT2D eigenvalue weighted by Gasteiger charge is 2.35. The molecule has 148 valence electrons. The van der Waals surface area contributed by atoms with Crippen molar-refractivity contribution < 1.29 is 4.79 Å². The highest BCUT2D eigenvalue weighted by molar-refractivity contribution is 8.13. The van der Waals surface area contributed by atoms with E-state index in [0.29, 0.717) is 21.6 Å². The van der Waals surface area contributed by atoms with E-state index in [1.807, 2.05) is 66.7 Å². The molecule has 0 spiro atoms. The highest BCUT2D eigenvalue weighted by atomic mass is 35.5. The average molecular weight is 433 g/mol. The molecular formula is C23H17ClN4OS. The lowest BCUT2D eigenvalue weighted by Crippen LogP contribution is -2.50. The van der Waals surface area contributed by atoms with Gasteiger partial charge in [-0.15, -0.1) is 5.10 Å². The third-order valence-electron chi connectivity index (χ3n) is 4.92. The third kappa shape index (κ3) is 3.49. The predicted molar refractivity (Wildman–Crippen MR) is 120 cm³/mol. The van der Waals surface area contributed by atoms with Crippen molar-refractivity contribution in [1.29, 1.82) is 0 Å².